The molecule has 1 atom stereocenters. The standard InChI is InChI=1S/C12H20N2O4/c13-10(15)7-9(12(17)18)14-11(16)6-8-4-2-1-3-5-8/h8-9H,1-7H2,(H2,13,15)(H,14,16)(H,17,18)/t9-/m0/s1. The van der Waals surface area contributed by atoms with Crippen LogP contribution in [-0.4, -0.2) is 28.9 Å². The number of carboxylic acids is 1. The van der Waals surface area contributed by atoms with Crippen LogP contribution < -0.4 is 11.1 Å². The van der Waals surface area contributed by atoms with Crippen molar-refractivity contribution in [2.45, 2.75) is 51.0 Å². The second kappa shape index (κ2) is 6.98. The molecule has 0 bridgehead atoms. The average molecular weight is 256 g/mol. The van der Waals surface area contributed by atoms with Gasteiger partial charge in [0.15, 0.2) is 0 Å². The van der Waals surface area contributed by atoms with Gasteiger partial charge in [0, 0.05) is 6.42 Å². The zero-order valence-electron chi connectivity index (χ0n) is 10.4. The van der Waals surface area contributed by atoms with Gasteiger partial charge in [-0.15, -0.1) is 0 Å². The van der Waals surface area contributed by atoms with Gasteiger partial charge in [0.05, 0.1) is 6.42 Å². The van der Waals surface area contributed by atoms with Crippen molar-refractivity contribution >= 4 is 17.8 Å². The van der Waals surface area contributed by atoms with E-state index < -0.39 is 17.9 Å². The summed E-state index contributed by atoms with van der Waals surface area (Å²) < 4.78 is 0. The Balaban J connectivity index is 2.40. The van der Waals surface area contributed by atoms with Crippen molar-refractivity contribution in [3.63, 3.8) is 0 Å². The topological polar surface area (TPSA) is 109 Å². The lowest BCUT2D eigenvalue weighted by molar-refractivity contribution is -0.143. The van der Waals surface area contributed by atoms with Crippen LogP contribution in [0.2, 0.25) is 0 Å². The van der Waals surface area contributed by atoms with Crippen molar-refractivity contribution < 1.29 is 19.5 Å². The Labute approximate surface area is 106 Å². The lowest BCUT2D eigenvalue weighted by atomic mass is 9.87. The molecule has 18 heavy (non-hydrogen) atoms. The maximum Gasteiger partial charge on any atom is 0.326 e. The first-order valence-corrected chi connectivity index (χ1v) is 6.29. The Morgan fingerprint density at radius 2 is 1.83 bits per heavy atom. The van der Waals surface area contributed by atoms with E-state index in [0.717, 1.165) is 25.7 Å². The van der Waals surface area contributed by atoms with Gasteiger partial charge in [0.1, 0.15) is 6.04 Å². The van der Waals surface area contributed by atoms with E-state index in [1.54, 1.807) is 0 Å². The van der Waals surface area contributed by atoms with Crippen molar-refractivity contribution in [2.24, 2.45) is 11.7 Å². The minimum Gasteiger partial charge on any atom is -0.480 e. The van der Waals surface area contributed by atoms with Gasteiger partial charge < -0.3 is 16.2 Å². The number of nitrogens with two attached hydrogens (primary N) is 1. The largest absolute Gasteiger partial charge is 0.480 e. The zero-order valence-corrected chi connectivity index (χ0v) is 10.4. The molecular weight excluding hydrogens is 236 g/mol. The first-order valence-electron chi connectivity index (χ1n) is 6.29. The van der Waals surface area contributed by atoms with Crippen LogP contribution in [0.15, 0.2) is 0 Å². The quantitative estimate of drug-likeness (QED) is 0.639. The molecular formula is C12H20N2O4. The van der Waals surface area contributed by atoms with E-state index in [2.05, 4.69) is 5.32 Å². The summed E-state index contributed by atoms with van der Waals surface area (Å²) >= 11 is 0. The number of carbonyl (C=O) groups excluding carboxylic acids is 2. The number of rotatable bonds is 6. The molecule has 102 valence electrons. The van der Waals surface area contributed by atoms with Gasteiger partial charge in [-0.2, -0.15) is 0 Å². The van der Waals surface area contributed by atoms with Crippen LogP contribution in [0.25, 0.3) is 0 Å². The number of primary amides is 1. The Hall–Kier alpha value is -1.59. The number of amides is 2. The number of nitrogens with one attached hydrogen (secondary N) is 1. The Morgan fingerprint density at radius 1 is 1.22 bits per heavy atom. The Kier molecular flexibility index (Phi) is 5.61. The molecule has 6 heteroatoms. The van der Waals surface area contributed by atoms with Gasteiger partial charge in [-0.3, -0.25) is 9.59 Å². The predicted molar refractivity (Wildman–Crippen MR) is 64.6 cm³/mol. The minimum absolute atomic E-state index is 0.310. The molecule has 0 unspecified atom stereocenters. The third-order valence-electron chi connectivity index (χ3n) is 3.24. The SMILES string of the molecule is NC(=O)C[C@H](NC(=O)CC1CCCCC1)C(=O)O. The summed E-state index contributed by atoms with van der Waals surface area (Å²) in [6, 6.07) is -1.21. The van der Waals surface area contributed by atoms with E-state index in [0.29, 0.717) is 12.3 Å². The highest BCUT2D eigenvalue weighted by Crippen LogP contribution is 2.26. The smallest absolute Gasteiger partial charge is 0.326 e. The highest BCUT2D eigenvalue weighted by Gasteiger charge is 2.24. The van der Waals surface area contributed by atoms with Gasteiger partial charge in [-0.05, 0) is 18.8 Å². The molecule has 0 radical (unpaired) electrons. The molecule has 0 aromatic heterocycles. The number of hydrogen-bond acceptors (Lipinski definition) is 3. The van der Waals surface area contributed by atoms with Crippen LogP contribution in [0.3, 0.4) is 0 Å². The zero-order chi connectivity index (χ0) is 13.5. The molecule has 2 amide bonds. The molecule has 0 aromatic rings. The second-order valence-corrected chi connectivity index (χ2v) is 4.84. The molecule has 0 aromatic carbocycles. The summed E-state index contributed by atoms with van der Waals surface area (Å²) in [6.07, 6.45) is 5.46. The minimum atomic E-state index is -1.23. The summed E-state index contributed by atoms with van der Waals surface area (Å²) in [4.78, 5) is 33.2. The average Bonchev–Trinajstić information content (AvgIpc) is 2.28. The molecule has 1 rings (SSSR count). The van der Waals surface area contributed by atoms with Crippen LogP contribution in [0.1, 0.15) is 44.9 Å². The first-order chi connectivity index (χ1) is 8.49. The van der Waals surface area contributed by atoms with Gasteiger partial charge in [-0.1, -0.05) is 19.3 Å². The van der Waals surface area contributed by atoms with Crippen LogP contribution >= 0.6 is 0 Å². The highest BCUT2D eigenvalue weighted by atomic mass is 16.4. The Bertz CT molecular complexity index is 324. The molecule has 1 fully saturated rings. The molecule has 0 spiro atoms. The molecule has 0 heterocycles. The van der Waals surface area contributed by atoms with Crippen LogP contribution in [0, 0.1) is 5.92 Å². The second-order valence-electron chi connectivity index (χ2n) is 4.84. The summed E-state index contributed by atoms with van der Waals surface area (Å²) in [5.41, 5.74) is 4.94. The van der Waals surface area contributed by atoms with Crippen molar-refractivity contribution in [2.75, 3.05) is 0 Å². The summed E-state index contributed by atoms with van der Waals surface area (Å²) in [7, 11) is 0. The molecule has 1 saturated carbocycles. The third-order valence-corrected chi connectivity index (χ3v) is 3.24. The maximum absolute atomic E-state index is 11.7. The fourth-order valence-electron chi connectivity index (χ4n) is 2.31. The van der Waals surface area contributed by atoms with Crippen molar-refractivity contribution in [1.82, 2.24) is 5.32 Å². The lowest BCUT2D eigenvalue weighted by Crippen LogP contribution is -2.43. The summed E-state index contributed by atoms with van der Waals surface area (Å²) in [5.74, 6) is -1.94. The van der Waals surface area contributed by atoms with Crippen molar-refractivity contribution in [1.29, 1.82) is 0 Å². The van der Waals surface area contributed by atoms with E-state index in [1.165, 1.54) is 6.42 Å². The van der Waals surface area contributed by atoms with E-state index in [4.69, 9.17) is 10.8 Å². The van der Waals surface area contributed by atoms with E-state index in [1.807, 2.05) is 0 Å². The molecule has 6 nitrogen and oxygen atoms in total. The number of aliphatic carboxylic acids is 1. The van der Waals surface area contributed by atoms with Crippen LogP contribution in [-0.2, 0) is 14.4 Å². The van der Waals surface area contributed by atoms with Gasteiger partial charge in [-0.25, -0.2) is 4.79 Å². The first kappa shape index (κ1) is 14.5. The van der Waals surface area contributed by atoms with Crippen LogP contribution in [0.5, 0.6) is 0 Å². The fourth-order valence-corrected chi connectivity index (χ4v) is 2.31. The van der Waals surface area contributed by atoms with E-state index in [9.17, 15) is 14.4 Å². The molecule has 4 N–H and O–H groups in total. The molecule has 0 aliphatic heterocycles. The third kappa shape index (κ3) is 5.16. The van der Waals surface area contributed by atoms with E-state index >= 15 is 0 Å². The molecule has 1 aliphatic rings. The number of carboxylic acid groups (broad SMARTS) is 1. The number of carbonyl (C=O) groups is 3. The van der Waals surface area contributed by atoms with Crippen molar-refractivity contribution in [3.8, 4) is 0 Å². The van der Waals surface area contributed by atoms with Crippen LogP contribution in [0.4, 0.5) is 0 Å². The van der Waals surface area contributed by atoms with Crippen molar-refractivity contribution in [3.05, 3.63) is 0 Å². The number of hydrogen-bond donors (Lipinski definition) is 3. The predicted octanol–water partition coefficient (Wildman–Crippen LogP) is 0.402. The summed E-state index contributed by atoms with van der Waals surface area (Å²) in [5, 5.41) is 11.2. The maximum atomic E-state index is 11.7. The van der Waals surface area contributed by atoms with E-state index in [-0.39, 0.29) is 12.3 Å². The van der Waals surface area contributed by atoms with Gasteiger partial charge >= 0.3 is 5.97 Å². The Morgan fingerprint density at radius 3 is 2.33 bits per heavy atom. The lowest BCUT2D eigenvalue weighted by Gasteiger charge is -2.21. The molecule has 1 aliphatic carbocycles. The normalized spacial score (nSPS) is 18.0. The summed E-state index contributed by atoms with van der Waals surface area (Å²) in [6.45, 7) is 0. The highest BCUT2D eigenvalue weighted by molar-refractivity contribution is 5.88. The monoisotopic (exact) mass is 256 g/mol. The fraction of sp³-hybridized carbons (Fsp3) is 0.750. The van der Waals surface area contributed by atoms with Gasteiger partial charge in [0.2, 0.25) is 11.8 Å². The van der Waals surface area contributed by atoms with Gasteiger partial charge in [0.25, 0.3) is 0 Å². The molecule has 0 saturated heterocycles.